The van der Waals surface area contributed by atoms with Gasteiger partial charge in [-0.25, -0.2) is 4.79 Å². The van der Waals surface area contributed by atoms with Gasteiger partial charge in [-0.1, -0.05) is 27.2 Å². The summed E-state index contributed by atoms with van der Waals surface area (Å²) >= 11 is 1.58. The highest BCUT2D eigenvalue weighted by Gasteiger charge is 2.41. The Bertz CT molecular complexity index is 280. The fourth-order valence-corrected chi connectivity index (χ4v) is 3.34. The molecule has 0 radical (unpaired) electrons. The van der Waals surface area contributed by atoms with Crippen LogP contribution in [0.1, 0.15) is 33.6 Å². The maximum atomic E-state index is 12.0. The average Bonchev–Trinajstić information content (AvgIpc) is 2.61. The predicted octanol–water partition coefficient (Wildman–Crippen LogP) is 1.80. The van der Waals surface area contributed by atoms with Crippen LogP contribution in [0.15, 0.2) is 0 Å². The molecule has 92 valence electrons. The van der Waals surface area contributed by atoms with Gasteiger partial charge in [0.15, 0.2) is 0 Å². The molecule has 0 spiro atoms. The molecule has 1 N–H and O–H groups in total. The van der Waals surface area contributed by atoms with Crippen LogP contribution in [0.25, 0.3) is 0 Å². The Morgan fingerprint density at radius 2 is 2.12 bits per heavy atom. The Hall–Kier alpha value is -0.710. The molecule has 1 heterocycles. The zero-order valence-corrected chi connectivity index (χ0v) is 10.8. The van der Waals surface area contributed by atoms with Crippen molar-refractivity contribution in [2.45, 2.75) is 45.0 Å². The average molecular weight is 245 g/mol. The predicted molar refractivity (Wildman–Crippen MR) is 64.3 cm³/mol. The number of hydrogen-bond donors (Lipinski definition) is 1. The van der Waals surface area contributed by atoms with Gasteiger partial charge in [0.25, 0.3) is 0 Å². The van der Waals surface area contributed by atoms with E-state index in [1.807, 2.05) is 20.8 Å². The van der Waals surface area contributed by atoms with Gasteiger partial charge in [0.1, 0.15) is 6.04 Å². The molecule has 16 heavy (non-hydrogen) atoms. The van der Waals surface area contributed by atoms with Gasteiger partial charge in [-0.05, 0) is 6.42 Å². The van der Waals surface area contributed by atoms with Crippen LogP contribution in [0, 0.1) is 5.92 Å². The van der Waals surface area contributed by atoms with Crippen molar-refractivity contribution in [2.75, 3.05) is 5.75 Å². The molecule has 1 saturated heterocycles. The van der Waals surface area contributed by atoms with Crippen molar-refractivity contribution in [1.29, 1.82) is 0 Å². The van der Waals surface area contributed by atoms with Crippen LogP contribution < -0.4 is 0 Å². The molecule has 2 atom stereocenters. The van der Waals surface area contributed by atoms with Crippen LogP contribution in [0.4, 0.5) is 0 Å². The first-order valence-corrected chi connectivity index (χ1v) is 6.70. The molecule has 0 aromatic heterocycles. The minimum Gasteiger partial charge on any atom is -0.480 e. The summed E-state index contributed by atoms with van der Waals surface area (Å²) in [6.45, 7) is 5.67. The van der Waals surface area contributed by atoms with E-state index in [-0.39, 0.29) is 17.2 Å². The van der Waals surface area contributed by atoms with Crippen LogP contribution in [-0.2, 0) is 9.59 Å². The highest BCUT2D eigenvalue weighted by Crippen LogP contribution is 2.33. The molecule has 0 saturated carbocycles. The zero-order valence-electron chi connectivity index (χ0n) is 9.97. The summed E-state index contributed by atoms with van der Waals surface area (Å²) in [5.74, 6) is -0.561. The lowest BCUT2D eigenvalue weighted by atomic mass is 10.1. The van der Waals surface area contributed by atoms with Gasteiger partial charge in [-0.15, -0.1) is 11.8 Å². The molecule has 0 aromatic carbocycles. The zero-order chi connectivity index (χ0) is 12.3. The van der Waals surface area contributed by atoms with E-state index in [1.54, 1.807) is 16.7 Å². The minimum absolute atomic E-state index is 0.0426. The molecular formula is C11H19NO3S. The van der Waals surface area contributed by atoms with Gasteiger partial charge in [-0.3, -0.25) is 4.79 Å². The third-order valence-electron chi connectivity index (χ3n) is 2.66. The molecule has 1 amide bonds. The number of amides is 1. The lowest BCUT2D eigenvalue weighted by Crippen LogP contribution is -2.47. The van der Waals surface area contributed by atoms with Crippen molar-refractivity contribution < 1.29 is 14.7 Å². The SMILES string of the molecule is CCCC1SCC(C(=O)O)N1C(=O)C(C)C. The van der Waals surface area contributed by atoms with Crippen molar-refractivity contribution in [3.63, 3.8) is 0 Å². The molecule has 1 fully saturated rings. The fraction of sp³-hybridized carbons (Fsp3) is 0.818. The van der Waals surface area contributed by atoms with E-state index in [4.69, 9.17) is 5.11 Å². The lowest BCUT2D eigenvalue weighted by Gasteiger charge is -2.28. The van der Waals surface area contributed by atoms with Crippen LogP contribution in [0.5, 0.6) is 0 Å². The third kappa shape index (κ3) is 2.70. The highest BCUT2D eigenvalue weighted by molar-refractivity contribution is 8.00. The van der Waals surface area contributed by atoms with Crippen LogP contribution >= 0.6 is 11.8 Å². The number of carbonyl (C=O) groups excluding carboxylic acids is 1. The molecule has 4 nitrogen and oxygen atoms in total. The molecule has 0 bridgehead atoms. The molecule has 2 unspecified atom stereocenters. The second-order valence-corrected chi connectivity index (χ2v) is 5.54. The molecule has 0 aliphatic carbocycles. The van der Waals surface area contributed by atoms with E-state index < -0.39 is 12.0 Å². The summed E-state index contributed by atoms with van der Waals surface area (Å²) in [5, 5.41) is 9.14. The van der Waals surface area contributed by atoms with Crippen molar-refractivity contribution >= 4 is 23.6 Å². The number of thioether (sulfide) groups is 1. The number of nitrogens with zero attached hydrogens (tertiary/aromatic N) is 1. The van der Waals surface area contributed by atoms with E-state index in [0.29, 0.717) is 5.75 Å². The minimum atomic E-state index is -0.889. The summed E-state index contributed by atoms with van der Waals surface area (Å²) in [7, 11) is 0. The Morgan fingerprint density at radius 3 is 2.56 bits per heavy atom. The fourth-order valence-electron chi connectivity index (χ4n) is 1.82. The number of carboxylic acids is 1. The van der Waals surface area contributed by atoms with Crippen LogP contribution in [0.2, 0.25) is 0 Å². The lowest BCUT2D eigenvalue weighted by molar-refractivity contribution is -0.150. The number of rotatable bonds is 4. The molecule has 1 aliphatic heterocycles. The van der Waals surface area contributed by atoms with E-state index in [0.717, 1.165) is 12.8 Å². The Morgan fingerprint density at radius 1 is 1.50 bits per heavy atom. The van der Waals surface area contributed by atoms with Crippen molar-refractivity contribution in [3.05, 3.63) is 0 Å². The topological polar surface area (TPSA) is 57.6 Å². The molecule has 0 aromatic rings. The van der Waals surface area contributed by atoms with Gasteiger partial charge in [0.2, 0.25) is 5.91 Å². The van der Waals surface area contributed by atoms with Gasteiger partial charge in [0, 0.05) is 11.7 Å². The highest BCUT2D eigenvalue weighted by atomic mass is 32.2. The summed E-state index contributed by atoms with van der Waals surface area (Å²) in [5.41, 5.74) is 0. The maximum absolute atomic E-state index is 12.0. The molecule has 5 heteroatoms. The van der Waals surface area contributed by atoms with E-state index in [9.17, 15) is 9.59 Å². The Labute approximate surface area is 100 Å². The Balaban J connectivity index is 2.84. The van der Waals surface area contributed by atoms with Gasteiger partial charge >= 0.3 is 5.97 Å². The quantitative estimate of drug-likeness (QED) is 0.820. The monoisotopic (exact) mass is 245 g/mol. The number of aliphatic carboxylic acids is 1. The molecule has 1 rings (SSSR count). The second-order valence-electron chi connectivity index (χ2n) is 4.33. The maximum Gasteiger partial charge on any atom is 0.327 e. The molecule has 1 aliphatic rings. The second kappa shape index (κ2) is 5.57. The summed E-state index contributed by atoms with van der Waals surface area (Å²) in [4.78, 5) is 24.6. The smallest absolute Gasteiger partial charge is 0.327 e. The first-order valence-electron chi connectivity index (χ1n) is 5.65. The van der Waals surface area contributed by atoms with Crippen molar-refractivity contribution in [3.8, 4) is 0 Å². The van der Waals surface area contributed by atoms with E-state index in [1.165, 1.54) is 0 Å². The first-order chi connectivity index (χ1) is 7.49. The largest absolute Gasteiger partial charge is 0.480 e. The normalized spacial score (nSPS) is 25.1. The summed E-state index contributed by atoms with van der Waals surface area (Å²) < 4.78 is 0. The first kappa shape index (κ1) is 13.4. The molecular weight excluding hydrogens is 226 g/mol. The van der Waals surface area contributed by atoms with E-state index >= 15 is 0 Å². The summed E-state index contributed by atoms with van der Waals surface area (Å²) in [6.07, 6.45) is 1.83. The van der Waals surface area contributed by atoms with Gasteiger partial charge in [-0.2, -0.15) is 0 Å². The van der Waals surface area contributed by atoms with Crippen molar-refractivity contribution in [2.24, 2.45) is 5.92 Å². The summed E-state index contributed by atoms with van der Waals surface area (Å²) in [6, 6.07) is -0.642. The number of carbonyl (C=O) groups is 2. The van der Waals surface area contributed by atoms with Crippen LogP contribution in [-0.4, -0.2) is 39.1 Å². The standard InChI is InChI=1S/C11H19NO3S/c1-4-5-9-12(10(13)7(2)3)8(6-16-9)11(14)15/h7-9H,4-6H2,1-3H3,(H,14,15). The number of hydrogen-bond acceptors (Lipinski definition) is 3. The third-order valence-corrected chi connectivity index (χ3v) is 4.02. The Kier molecular flexibility index (Phi) is 4.65. The van der Waals surface area contributed by atoms with Gasteiger partial charge in [0.05, 0.1) is 5.37 Å². The van der Waals surface area contributed by atoms with E-state index in [2.05, 4.69) is 0 Å². The van der Waals surface area contributed by atoms with Crippen molar-refractivity contribution in [1.82, 2.24) is 4.90 Å². The van der Waals surface area contributed by atoms with Gasteiger partial charge < -0.3 is 10.0 Å². The number of carboxylic acid groups (broad SMARTS) is 1. The van der Waals surface area contributed by atoms with Crippen LogP contribution in [0.3, 0.4) is 0 Å².